The van der Waals surface area contributed by atoms with Crippen molar-refractivity contribution in [1.29, 1.82) is 0 Å². The Hall–Kier alpha value is -1.77. The van der Waals surface area contributed by atoms with E-state index in [1.54, 1.807) is 11.9 Å². The first-order valence-corrected chi connectivity index (χ1v) is 8.41. The van der Waals surface area contributed by atoms with Crippen LogP contribution in [0.5, 0.6) is 0 Å². The smallest absolute Gasteiger partial charge is 0.240 e. The molecule has 0 unspecified atom stereocenters. The molecule has 0 atom stereocenters. The van der Waals surface area contributed by atoms with Crippen molar-refractivity contribution in [1.82, 2.24) is 15.5 Å². The van der Waals surface area contributed by atoms with Crippen LogP contribution in [0.1, 0.15) is 32.1 Å². The van der Waals surface area contributed by atoms with Gasteiger partial charge in [-0.2, -0.15) is 0 Å². The molecule has 0 aliphatic heterocycles. The van der Waals surface area contributed by atoms with E-state index in [0.29, 0.717) is 12.5 Å². The molecule has 1 amide bonds. The van der Waals surface area contributed by atoms with Gasteiger partial charge in [-0.1, -0.05) is 18.2 Å². The molecule has 2 rings (SSSR count). The van der Waals surface area contributed by atoms with Crippen LogP contribution in [0, 0.1) is 6.92 Å². The van der Waals surface area contributed by atoms with E-state index >= 15 is 0 Å². The SMILES string of the molecule is CN=C(NCc1oc2ccccc2c1C)N(C)CC(=O)NC(C)(C)C.I. The number of hydrogen-bond acceptors (Lipinski definition) is 3. The number of benzene rings is 1. The molecular weight excluding hydrogens is 443 g/mol. The van der Waals surface area contributed by atoms with Gasteiger partial charge in [0.15, 0.2) is 5.96 Å². The Morgan fingerprint density at radius 3 is 2.50 bits per heavy atom. The maximum absolute atomic E-state index is 12.1. The summed E-state index contributed by atoms with van der Waals surface area (Å²) in [4.78, 5) is 18.1. The van der Waals surface area contributed by atoms with E-state index in [1.165, 1.54) is 0 Å². The Bertz CT molecular complexity index is 777. The van der Waals surface area contributed by atoms with E-state index in [2.05, 4.69) is 21.7 Å². The predicted octanol–water partition coefficient (Wildman–Crippen LogP) is 3.28. The van der Waals surface area contributed by atoms with E-state index in [0.717, 1.165) is 22.3 Å². The van der Waals surface area contributed by atoms with Gasteiger partial charge in [-0.15, -0.1) is 24.0 Å². The lowest BCUT2D eigenvalue weighted by atomic mass is 10.1. The molecule has 7 heteroatoms. The van der Waals surface area contributed by atoms with Gasteiger partial charge >= 0.3 is 0 Å². The molecule has 0 saturated carbocycles. The third-order valence-corrected chi connectivity index (χ3v) is 3.82. The van der Waals surface area contributed by atoms with Gasteiger partial charge in [0, 0.05) is 30.6 Å². The number of aryl methyl sites for hydroxylation is 1. The lowest BCUT2D eigenvalue weighted by molar-refractivity contribution is -0.122. The molecule has 1 aromatic heterocycles. The van der Waals surface area contributed by atoms with Crippen molar-refractivity contribution in [2.75, 3.05) is 20.6 Å². The molecule has 0 bridgehead atoms. The molecular formula is C19H29IN4O2. The van der Waals surface area contributed by atoms with Gasteiger partial charge in [-0.05, 0) is 33.8 Å². The van der Waals surface area contributed by atoms with Gasteiger partial charge in [-0.25, -0.2) is 0 Å². The van der Waals surface area contributed by atoms with Crippen molar-refractivity contribution < 1.29 is 9.21 Å². The number of carbonyl (C=O) groups is 1. The topological polar surface area (TPSA) is 69.9 Å². The Morgan fingerprint density at radius 2 is 1.92 bits per heavy atom. The van der Waals surface area contributed by atoms with Gasteiger partial charge in [0.2, 0.25) is 5.91 Å². The highest BCUT2D eigenvalue weighted by atomic mass is 127. The Morgan fingerprint density at radius 1 is 1.27 bits per heavy atom. The van der Waals surface area contributed by atoms with Crippen LogP contribution < -0.4 is 10.6 Å². The molecule has 0 fully saturated rings. The van der Waals surface area contributed by atoms with Crippen molar-refractivity contribution in [2.24, 2.45) is 4.99 Å². The molecule has 2 N–H and O–H groups in total. The van der Waals surface area contributed by atoms with Crippen molar-refractivity contribution in [3.63, 3.8) is 0 Å². The summed E-state index contributed by atoms with van der Waals surface area (Å²) in [6, 6.07) is 7.98. The molecule has 1 heterocycles. The second-order valence-corrected chi connectivity index (χ2v) is 7.20. The van der Waals surface area contributed by atoms with Crippen molar-refractivity contribution in [2.45, 2.75) is 39.8 Å². The van der Waals surface area contributed by atoms with Crippen LogP contribution >= 0.6 is 24.0 Å². The van der Waals surface area contributed by atoms with E-state index in [4.69, 9.17) is 4.42 Å². The molecule has 26 heavy (non-hydrogen) atoms. The summed E-state index contributed by atoms with van der Waals surface area (Å²) < 4.78 is 5.91. The summed E-state index contributed by atoms with van der Waals surface area (Å²) in [6.45, 7) is 8.67. The minimum Gasteiger partial charge on any atom is -0.459 e. The highest BCUT2D eigenvalue weighted by Crippen LogP contribution is 2.24. The fourth-order valence-electron chi connectivity index (χ4n) is 2.69. The minimum atomic E-state index is -0.250. The molecule has 0 spiro atoms. The van der Waals surface area contributed by atoms with Crippen LogP contribution in [0.25, 0.3) is 11.0 Å². The number of halogens is 1. The second kappa shape index (κ2) is 9.25. The van der Waals surface area contributed by atoms with Crippen molar-refractivity contribution in [3.8, 4) is 0 Å². The summed E-state index contributed by atoms with van der Waals surface area (Å²) in [7, 11) is 3.54. The van der Waals surface area contributed by atoms with Crippen molar-refractivity contribution in [3.05, 3.63) is 35.6 Å². The fraction of sp³-hybridized carbons (Fsp3) is 0.474. The Balaban J connectivity index is 0.00000338. The number of aliphatic imine (C=N–C) groups is 1. The quantitative estimate of drug-likeness (QED) is 0.407. The number of carbonyl (C=O) groups excluding carboxylic acids is 1. The average molecular weight is 472 g/mol. The Kier molecular flexibility index (Phi) is 7.92. The first kappa shape index (κ1) is 22.3. The first-order chi connectivity index (χ1) is 11.7. The van der Waals surface area contributed by atoms with Gasteiger partial charge in [0.05, 0.1) is 13.1 Å². The fourth-order valence-corrected chi connectivity index (χ4v) is 2.69. The molecule has 0 aliphatic carbocycles. The van der Waals surface area contributed by atoms with Crippen LogP contribution in [0.2, 0.25) is 0 Å². The van der Waals surface area contributed by atoms with Crippen LogP contribution in [-0.4, -0.2) is 42.9 Å². The number of nitrogens with one attached hydrogen (secondary N) is 2. The van der Waals surface area contributed by atoms with Crippen LogP contribution in [-0.2, 0) is 11.3 Å². The van der Waals surface area contributed by atoms with Crippen LogP contribution in [0.3, 0.4) is 0 Å². The van der Waals surface area contributed by atoms with Crippen molar-refractivity contribution >= 4 is 46.8 Å². The molecule has 2 aromatic rings. The van der Waals surface area contributed by atoms with Crippen LogP contribution in [0.15, 0.2) is 33.7 Å². The van der Waals surface area contributed by atoms with Gasteiger partial charge in [-0.3, -0.25) is 9.79 Å². The highest BCUT2D eigenvalue weighted by molar-refractivity contribution is 14.0. The number of nitrogens with zero attached hydrogens (tertiary/aromatic N) is 2. The highest BCUT2D eigenvalue weighted by Gasteiger charge is 2.17. The molecule has 0 radical (unpaired) electrons. The summed E-state index contributed by atoms with van der Waals surface area (Å²) in [5, 5.41) is 7.32. The van der Waals surface area contributed by atoms with Crippen LogP contribution in [0.4, 0.5) is 0 Å². The summed E-state index contributed by atoms with van der Waals surface area (Å²) >= 11 is 0. The van der Waals surface area contributed by atoms with Gasteiger partial charge in [0.1, 0.15) is 11.3 Å². The lowest BCUT2D eigenvalue weighted by Crippen LogP contribution is -2.48. The zero-order chi connectivity index (χ0) is 18.6. The zero-order valence-corrected chi connectivity index (χ0v) is 18.7. The lowest BCUT2D eigenvalue weighted by Gasteiger charge is -2.25. The number of amides is 1. The normalized spacial score (nSPS) is 11.8. The van der Waals surface area contributed by atoms with E-state index in [9.17, 15) is 4.79 Å². The average Bonchev–Trinajstić information content (AvgIpc) is 2.83. The number of rotatable bonds is 4. The monoisotopic (exact) mass is 472 g/mol. The second-order valence-electron chi connectivity index (χ2n) is 7.20. The number of furan rings is 1. The van der Waals surface area contributed by atoms with E-state index in [1.807, 2.05) is 52.9 Å². The predicted molar refractivity (Wildman–Crippen MR) is 117 cm³/mol. The van der Waals surface area contributed by atoms with Gasteiger partial charge < -0.3 is 20.0 Å². The summed E-state index contributed by atoms with van der Waals surface area (Å²) in [5.74, 6) is 1.47. The number of likely N-dealkylation sites (N-methyl/N-ethyl adjacent to an activating group) is 1. The standard InChI is InChI=1S/C19H28N4O2.HI/c1-13-14-9-7-8-10-15(14)25-16(13)11-21-18(20-5)23(6)12-17(24)22-19(2,3)4;/h7-10H,11-12H2,1-6H3,(H,20,21)(H,22,24);1H. The number of para-hydroxylation sites is 1. The Labute approximate surface area is 172 Å². The number of hydrogen-bond donors (Lipinski definition) is 2. The minimum absolute atomic E-state index is 0. The maximum atomic E-state index is 12.1. The number of guanidine groups is 1. The summed E-state index contributed by atoms with van der Waals surface area (Å²) in [6.07, 6.45) is 0. The molecule has 0 saturated heterocycles. The molecule has 0 aliphatic rings. The zero-order valence-electron chi connectivity index (χ0n) is 16.3. The summed E-state index contributed by atoms with van der Waals surface area (Å²) in [5.41, 5.74) is 1.75. The molecule has 6 nitrogen and oxygen atoms in total. The van der Waals surface area contributed by atoms with E-state index in [-0.39, 0.29) is 42.0 Å². The first-order valence-electron chi connectivity index (χ1n) is 8.41. The van der Waals surface area contributed by atoms with E-state index < -0.39 is 0 Å². The largest absolute Gasteiger partial charge is 0.459 e. The van der Waals surface area contributed by atoms with Gasteiger partial charge in [0.25, 0.3) is 0 Å². The third kappa shape index (κ3) is 5.89. The molecule has 144 valence electrons. The number of fused-ring (bicyclic) bond motifs is 1. The maximum Gasteiger partial charge on any atom is 0.240 e. The molecule has 1 aromatic carbocycles. The third-order valence-electron chi connectivity index (χ3n) is 3.82.